The molecule has 0 saturated carbocycles. The molecule has 2 N–H and O–H groups in total. The fraction of sp³-hybridized carbons (Fsp3) is 0.190. The van der Waals surface area contributed by atoms with Gasteiger partial charge in [-0.15, -0.1) is 0 Å². The zero-order valence-corrected chi connectivity index (χ0v) is 16.3. The maximum atomic E-state index is 12.4. The Morgan fingerprint density at radius 3 is 2.59 bits per heavy atom. The Morgan fingerprint density at radius 1 is 1.04 bits per heavy atom. The van der Waals surface area contributed by atoms with Crippen LogP contribution in [0.3, 0.4) is 0 Å². The molecule has 1 amide bonds. The van der Waals surface area contributed by atoms with Crippen molar-refractivity contribution in [1.82, 2.24) is 15.0 Å². The first-order valence-corrected chi connectivity index (χ1v) is 9.72. The number of aromatic amines is 1. The number of nitrogens with one attached hydrogen (secondary N) is 2. The Balaban J connectivity index is 1.55. The standard InChI is InChI=1S/C21H20N4OS/c1-12-4-5-17-16(9-12)19-20(25-17)21(23-11-22-19)27-10-18(26)24-15-7-13(2)6-14(3)8-15/h4-9,11,25H,10H2,1-3H3,(H,24,26). The van der Waals surface area contributed by atoms with Crippen molar-refractivity contribution in [3.8, 4) is 0 Å². The van der Waals surface area contributed by atoms with Gasteiger partial charge < -0.3 is 10.3 Å². The average molecular weight is 376 g/mol. The number of aromatic nitrogens is 3. The number of benzene rings is 2. The van der Waals surface area contributed by atoms with Crippen molar-refractivity contribution in [3.05, 3.63) is 59.4 Å². The van der Waals surface area contributed by atoms with Gasteiger partial charge >= 0.3 is 0 Å². The number of fused-ring (bicyclic) bond motifs is 3. The molecule has 4 aromatic rings. The van der Waals surface area contributed by atoms with Crippen molar-refractivity contribution in [2.75, 3.05) is 11.1 Å². The monoisotopic (exact) mass is 376 g/mol. The number of rotatable bonds is 4. The van der Waals surface area contributed by atoms with E-state index >= 15 is 0 Å². The molecular weight excluding hydrogens is 356 g/mol. The summed E-state index contributed by atoms with van der Waals surface area (Å²) < 4.78 is 0. The highest BCUT2D eigenvalue weighted by Crippen LogP contribution is 2.30. The number of anilines is 1. The van der Waals surface area contributed by atoms with Crippen molar-refractivity contribution < 1.29 is 4.79 Å². The minimum atomic E-state index is -0.0521. The molecule has 0 fully saturated rings. The van der Waals surface area contributed by atoms with Crippen LogP contribution in [0.25, 0.3) is 21.9 Å². The largest absolute Gasteiger partial charge is 0.351 e. The van der Waals surface area contributed by atoms with Gasteiger partial charge in [-0.3, -0.25) is 4.79 Å². The third-order valence-electron chi connectivity index (χ3n) is 4.35. The lowest BCUT2D eigenvalue weighted by Gasteiger charge is -2.07. The highest BCUT2D eigenvalue weighted by atomic mass is 32.2. The molecule has 2 aromatic carbocycles. The second-order valence-electron chi connectivity index (χ2n) is 6.79. The van der Waals surface area contributed by atoms with Crippen LogP contribution in [0.5, 0.6) is 0 Å². The van der Waals surface area contributed by atoms with Gasteiger partial charge in [0.05, 0.1) is 11.3 Å². The van der Waals surface area contributed by atoms with Gasteiger partial charge in [0.1, 0.15) is 16.9 Å². The fourth-order valence-corrected chi connectivity index (χ4v) is 4.02. The summed E-state index contributed by atoms with van der Waals surface area (Å²) in [6, 6.07) is 12.3. The Labute approximate surface area is 161 Å². The summed E-state index contributed by atoms with van der Waals surface area (Å²) in [4.78, 5) is 24.6. The highest BCUT2D eigenvalue weighted by molar-refractivity contribution is 8.00. The number of H-pyrrole nitrogens is 1. The van der Waals surface area contributed by atoms with Gasteiger partial charge in [0, 0.05) is 16.6 Å². The first-order valence-electron chi connectivity index (χ1n) is 8.73. The summed E-state index contributed by atoms with van der Waals surface area (Å²) in [7, 11) is 0. The molecule has 2 heterocycles. The summed E-state index contributed by atoms with van der Waals surface area (Å²) in [6.07, 6.45) is 1.56. The lowest BCUT2D eigenvalue weighted by molar-refractivity contribution is -0.113. The molecule has 2 aromatic heterocycles. The number of nitrogens with zero attached hydrogens (tertiary/aromatic N) is 2. The zero-order valence-electron chi connectivity index (χ0n) is 15.5. The lowest BCUT2D eigenvalue weighted by atomic mass is 10.1. The van der Waals surface area contributed by atoms with Crippen LogP contribution in [0.1, 0.15) is 16.7 Å². The molecule has 0 saturated heterocycles. The molecule has 136 valence electrons. The molecular formula is C21H20N4OS. The van der Waals surface area contributed by atoms with Crippen LogP contribution in [0.15, 0.2) is 47.8 Å². The van der Waals surface area contributed by atoms with Gasteiger partial charge in [-0.1, -0.05) is 29.5 Å². The highest BCUT2D eigenvalue weighted by Gasteiger charge is 2.13. The molecule has 6 heteroatoms. The normalized spacial score (nSPS) is 11.2. The number of hydrogen-bond acceptors (Lipinski definition) is 4. The van der Waals surface area contributed by atoms with Gasteiger partial charge in [-0.25, -0.2) is 9.97 Å². The molecule has 0 spiro atoms. The summed E-state index contributed by atoms with van der Waals surface area (Å²) in [6.45, 7) is 6.10. The molecule has 0 atom stereocenters. The van der Waals surface area contributed by atoms with Gasteiger partial charge in [0.25, 0.3) is 0 Å². The van der Waals surface area contributed by atoms with Crippen LogP contribution in [0, 0.1) is 20.8 Å². The van der Waals surface area contributed by atoms with Gasteiger partial charge in [0.15, 0.2) is 0 Å². The van der Waals surface area contributed by atoms with E-state index in [1.807, 2.05) is 32.0 Å². The van der Waals surface area contributed by atoms with Crippen LogP contribution < -0.4 is 5.32 Å². The summed E-state index contributed by atoms with van der Waals surface area (Å²) in [5.41, 5.74) is 7.06. The van der Waals surface area contributed by atoms with Crippen molar-refractivity contribution in [3.63, 3.8) is 0 Å². The van der Waals surface area contributed by atoms with Crippen molar-refractivity contribution >= 4 is 45.3 Å². The zero-order chi connectivity index (χ0) is 19.0. The quantitative estimate of drug-likeness (QED) is 0.398. The second kappa shape index (κ2) is 7.04. The predicted molar refractivity (Wildman–Crippen MR) is 111 cm³/mol. The number of hydrogen-bond donors (Lipinski definition) is 2. The van der Waals surface area contributed by atoms with Gasteiger partial charge in [0.2, 0.25) is 5.91 Å². The summed E-state index contributed by atoms with van der Waals surface area (Å²) in [5.74, 6) is 0.233. The average Bonchev–Trinajstić information content (AvgIpc) is 2.97. The van der Waals surface area contributed by atoms with E-state index in [0.29, 0.717) is 0 Å². The van der Waals surface area contributed by atoms with Crippen LogP contribution in [0.2, 0.25) is 0 Å². The maximum absolute atomic E-state index is 12.4. The SMILES string of the molecule is Cc1cc(C)cc(NC(=O)CSc2ncnc3c2[nH]c2ccc(C)cc23)c1. The lowest BCUT2D eigenvalue weighted by Crippen LogP contribution is -2.14. The van der Waals surface area contributed by atoms with Gasteiger partial charge in [-0.2, -0.15) is 0 Å². The van der Waals surface area contributed by atoms with E-state index in [1.54, 1.807) is 6.33 Å². The van der Waals surface area contributed by atoms with Gasteiger partial charge in [-0.05, 0) is 56.2 Å². The van der Waals surface area contributed by atoms with E-state index in [1.165, 1.54) is 17.3 Å². The minimum absolute atomic E-state index is 0.0521. The molecule has 0 unspecified atom stereocenters. The Bertz CT molecular complexity index is 1150. The number of aryl methyl sites for hydroxylation is 3. The molecule has 0 bridgehead atoms. The van der Waals surface area contributed by atoms with Crippen LogP contribution >= 0.6 is 11.8 Å². The first-order chi connectivity index (χ1) is 13.0. The number of thioether (sulfide) groups is 1. The van der Waals surface area contributed by atoms with E-state index in [9.17, 15) is 4.79 Å². The maximum Gasteiger partial charge on any atom is 0.234 e. The smallest absolute Gasteiger partial charge is 0.234 e. The Hall–Kier alpha value is -2.86. The first kappa shape index (κ1) is 17.5. The molecule has 0 aliphatic carbocycles. The summed E-state index contributed by atoms with van der Waals surface area (Å²) in [5, 5.41) is 4.82. The fourth-order valence-electron chi connectivity index (χ4n) is 3.27. The topological polar surface area (TPSA) is 70.7 Å². The van der Waals surface area contributed by atoms with E-state index in [-0.39, 0.29) is 11.7 Å². The van der Waals surface area contributed by atoms with Crippen molar-refractivity contribution in [2.24, 2.45) is 0 Å². The van der Waals surface area contributed by atoms with Crippen LogP contribution in [-0.4, -0.2) is 26.6 Å². The molecule has 0 aliphatic rings. The van der Waals surface area contributed by atoms with Crippen LogP contribution in [-0.2, 0) is 4.79 Å². The molecule has 0 aliphatic heterocycles. The molecule has 27 heavy (non-hydrogen) atoms. The van der Waals surface area contributed by atoms with E-state index in [0.717, 1.165) is 43.8 Å². The Morgan fingerprint density at radius 2 is 1.81 bits per heavy atom. The van der Waals surface area contributed by atoms with Crippen molar-refractivity contribution in [2.45, 2.75) is 25.8 Å². The number of carbonyl (C=O) groups is 1. The minimum Gasteiger partial charge on any atom is -0.351 e. The molecule has 4 rings (SSSR count). The third-order valence-corrected chi connectivity index (χ3v) is 5.34. The van der Waals surface area contributed by atoms with Crippen molar-refractivity contribution in [1.29, 1.82) is 0 Å². The van der Waals surface area contributed by atoms with Crippen LogP contribution in [0.4, 0.5) is 5.69 Å². The second-order valence-corrected chi connectivity index (χ2v) is 7.75. The number of carbonyl (C=O) groups excluding carboxylic acids is 1. The molecule has 0 radical (unpaired) electrons. The van der Waals surface area contributed by atoms with E-state index < -0.39 is 0 Å². The number of amides is 1. The molecule has 5 nitrogen and oxygen atoms in total. The third kappa shape index (κ3) is 3.66. The van der Waals surface area contributed by atoms with E-state index in [4.69, 9.17) is 0 Å². The Kier molecular flexibility index (Phi) is 4.58. The summed E-state index contributed by atoms with van der Waals surface area (Å²) >= 11 is 1.41. The van der Waals surface area contributed by atoms with E-state index in [2.05, 4.69) is 45.4 Å². The predicted octanol–water partition coefficient (Wildman–Crippen LogP) is 4.77.